The molecule has 1 aromatic carbocycles. The van der Waals surface area contributed by atoms with Gasteiger partial charge in [-0.25, -0.2) is 13.1 Å². The summed E-state index contributed by atoms with van der Waals surface area (Å²) in [7, 11) is -3.63. The molecule has 1 aliphatic heterocycles. The first kappa shape index (κ1) is 21.3. The van der Waals surface area contributed by atoms with E-state index in [1.165, 1.54) is 0 Å². The van der Waals surface area contributed by atoms with Crippen molar-refractivity contribution in [3.8, 4) is 0 Å². The first-order valence-electron chi connectivity index (χ1n) is 9.71. The third kappa shape index (κ3) is 5.14. The van der Waals surface area contributed by atoms with Crippen LogP contribution in [0.1, 0.15) is 25.8 Å². The smallest absolute Gasteiger partial charge is 0.240 e. The van der Waals surface area contributed by atoms with E-state index in [9.17, 15) is 8.42 Å². The molecule has 3 rings (SSSR count). The summed E-state index contributed by atoms with van der Waals surface area (Å²) in [6, 6.07) is 8.64. The summed E-state index contributed by atoms with van der Waals surface area (Å²) in [4.78, 5) is 6.61. The monoisotopic (exact) mass is 416 g/mol. The zero-order valence-corrected chi connectivity index (χ0v) is 17.7. The number of sulfonamides is 1. The van der Waals surface area contributed by atoms with Gasteiger partial charge in [0, 0.05) is 25.4 Å². The fourth-order valence-corrected chi connectivity index (χ4v) is 4.59. The van der Waals surface area contributed by atoms with Crippen molar-refractivity contribution in [2.24, 2.45) is 0 Å². The van der Waals surface area contributed by atoms with Crippen LogP contribution in [-0.2, 0) is 21.3 Å². The van der Waals surface area contributed by atoms with E-state index in [0.29, 0.717) is 26.2 Å². The van der Waals surface area contributed by atoms with Gasteiger partial charge in [0.1, 0.15) is 0 Å². The minimum atomic E-state index is -3.63. The Hall–Kier alpha value is -2.42. The minimum absolute atomic E-state index is 0.137. The number of ether oxygens (including phenoxy) is 1. The van der Waals surface area contributed by atoms with Gasteiger partial charge in [0.2, 0.25) is 10.0 Å². The highest BCUT2D eigenvalue weighted by molar-refractivity contribution is 7.89. The molecule has 156 valence electrons. The van der Waals surface area contributed by atoms with Crippen LogP contribution < -0.4 is 14.9 Å². The molecule has 0 amide bonds. The largest absolute Gasteiger partial charge is 0.380 e. The molecule has 2 N–H and O–H groups in total. The molecule has 1 aliphatic rings. The minimum Gasteiger partial charge on any atom is -0.380 e. The molecule has 0 saturated carbocycles. The van der Waals surface area contributed by atoms with Gasteiger partial charge < -0.3 is 15.0 Å². The number of nitrogens with zero attached hydrogens (tertiary/aromatic N) is 2. The molecule has 0 fully saturated rings. The van der Waals surface area contributed by atoms with Crippen LogP contribution in [0, 0.1) is 0 Å². The quantitative estimate of drug-likeness (QED) is 0.579. The van der Waals surface area contributed by atoms with E-state index in [1.807, 2.05) is 31.3 Å². The molecule has 0 radical (unpaired) electrons. The number of pyridine rings is 1. The fourth-order valence-electron chi connectivity index (χ4n) is 3.35. The van der Waals surface area contributed by atoms with Crippen LogP contribution in [0.2, 0.25) is 0 Å². The summed E-state index contributed by atoms with van der Waals surface area (Å²) in [5.74, 6) is 0. The van der Waals surface area contributed by atoms with E-state index in [2.05, 4.69) is 33.4 Å². The van der Waals surface area contributed by atoms with Gasteiger partial charge in [-0.3, -0.25) is 4.98 Å². The highest BCUT2D eigenvalue weighted by atomic mass is 32.2. The van der Waals surface area contributed by atoms with Crippen molar-refractivity contribution < 1.29 is 13.2 Å². The Morgan fingerprint density at radius 3 is 2.79 bits per heavy atom. The van der Waals surface area contributed by atoms with Crippen molar-refractivity contribution in [3.05, 3.63) is 60.9 Å². The first-order chi connectivity index (χ1) is 13.9. The van der Waals surface area contributed by atoms with E-state index < -0.39 is 10.0 Å². The molecule has 2 aromatic rings. The third-order valence-electron chi connectivity index (χ3n) is 4.82. The molecule has 0 spiro atoms. The van der Waals surface area contributed by atoms with Crippen molar-refractivity contribution in [3.63, 3.8) is 0 Å². The fraction of sp³-hybridized carbons (Fsp3) is 0.381. The Kier molecular flexibility index (Phi) is 6.89. The Morgan fingerprint density at radius 1 is 1.34 bits per heavy atom. The molecule has 0 saturated heterocycles. The number of anilines is 2. The molecule has 7 nitrogen and oxygen atoms in total. The van der Waals surface area contributed by atoms with Gasteiger partial charge in [-0.1, -0.05) is 18.2 Å². The van der Waals surface area contributed by atoms with Gasteiger partial charge >= 0.3 is 0 Å². The predicted molar refractivity (Wildman–Crippen MR) is 115 cm³/mol. The highest BCUT2D eigenvalue weighted by Crippen LogP contribution is 2.34. The second kappa shape index (κ2) is 9.39. The normalized spacial score (nSPS) is 16.9. The van der Waals surface area contributed by atoms with Gasteiger partial charge in [-0.15, -0.1) is 6.58 Å². The molecule has 0 aliphatic carbocycles. The topological polar surface area (TPSA) is 83.6 Å². The molecular weight excluding hydrogens is 388 g/mol. The number of nitrogens with one attached hydrogen (secondary N) is 2. The van der Waals surface area contributed by atoms with E-state index in [-0.39, 0.29) is 17.1 Å². The third-order valence-corrected chi connectivity index (χ3v) is 6.36. The van der Waals surface area contributed by atoms with Gasteiger partial charge in [0.05, 0.1) is 35.2 Å². The number of benzene rings is 1. The van der Waals surface area contributed by atoms with Crippen molar-refractivity contribution >= 4 is 21.4 Å². The zero-order chi connectivity index (χ0) is 20.9. The van der Waals surface area contributed by atoms with Crippen LogP contribution in [0.4, 0.5) is 11.4 Å². The standard InChI is InChI=1S/C21H28N4O3S/c1-4-6-18(15-28-5-2)24-29(26,27)19-9-7-17(8-10-19)14-25-16(3)23-20-13-22-12-11-21(20)25/h4,7-13,16,18,23-24H,1,5-6,14-15H2,2-3H3. The summed E-state index contributed by atoms with van der Waals surface area (Å²) < 4.78 is 33.5. The summed E-state index contributed by atoms with van der Waals surface area (Å²) in [6.45, 7) is 9.17. The van der Waals surface area contributed by atoms with Crippen LogP contribution >= 0.6 is 0 Å². The lowest BCUT2D eigenvalue weighted by Crippen LogP contribution is -2.38. The van der Waals surface area contributed by atoms with E-state index >= 15 is 0 Å². The number of rotatable bonds is 10. The van der Waals surface area contributed by atoms with E-state index in [4.69, 9.17) is 4.74 Å². The Bertz CT molecular complexity index is 931. The average molecular weight is 417 g/mol. The summed E-state index contributed by atoms with van der Waals surface area (Å²) in [5, 5.41) is 3.39. The van der Waals surface area contributed by atoms with E-state index in [0.717, 1.165) is 16.9 Å². The maximum Gasteiger partial charge on any atom is 0.240 e. The molecule has 0 bridgehead atoms. The summed E-state index contributed by atoms with van der Waals surface area (Å²) in [6.07, 6.45) is 5.92. The van der Waals surface area contributed by atoms with Gasteiger partial charge in [0.25, 0.3) is 0 Å². The van der Waals surface area contributed by atoms with Gasteiger partial charge in [-0.2, -0.15) is 0 Å². The Morgan fingerprint density at radius 2 is 2.10 bits per heavy atom. The van der Waals surface area contributed by atoms with E-state index in [1.54, 1.807) is 24.4 Å². The lowest BCUT2D eigenvalue weighted by molar-refractivity contribution is 0.129. The number of aromatic nitrogens is 1. The number of hydrogen-bond acceptors (Lipinski definition) is 6. The van der Waals surface area contributed by atoms with Crippen molar-refractivity contribution in [1.82, 2.24) is 9.71 Å². The average Bonchev–Trinajstić information content (AvgIpc) is 3.02. The van der Waals surface area contributed by atoms with Crippen LogP contribution in [-0.4, -0.2) is 38.8 Å². The number of fused-ring (bicyclic) bond motifs is 1. The maximum atomic E-state index is 12.7. The van der Waals surface area contributed by atoms with Crippen molar-refractivity contribution in [1.29, 1.82) is 0 Å². The SMILES string of the molecule is C=CCC(COCC)NS(=O)(=O)c1ccc(CN2c3ccncc3NC2C)cc1. The van der Waals surface area contributed by atoms with Crippen molar-refractivity contribution in [2.45, 2.75) is 43.9 Å². The summed E-state index contributed by atoms with van der Waals surface area (Å²) >= 11 is 0. The van der Waals surface area contributed by atoms with Crippen LogP contribution in [0.3, 0.4) is 0 Å². The second-order valence-electron chi connectivity index (χ2n) is 6.99. The lowest BCUT2D eigenvalue weighted by Gasteiger charge is -2.24. The maximum absolute atomic E-state index is 12.7. The Labute approximate surface area is 172 Å². The molecular formula is C21H28N4O3S. The van der Waals surface area contributed by atoms with Crippen LogP contribution in [0.25, 0.3) is 0 Å². The van der Waals surface area contributed by atoms with Gasteiger partial charge in [0.15, 0.2) is 0 Å². The molecule has 29 heavy (non-hydrogen) atoms. The summed E-state index contributed by atoms with van der Waals surface area (Å²) in [5.41, 5.74) is 3.12. The van der Waals surface area contributed by atoms with Crippen LogP contribution in [0.15, 0.2) is 60.3 Å². The Balaban J connectivity index is 1.70. The second-order valence-corrected chi connectivity index (χ2v) is 8.70. The molecule has 8 heteroatoms. The predicted octanol–water partition coefficient (Wildman–Crippen LogP) is 3.12. The number of hydrogen-bond donors (Lipinski definition) is 2. The zero-order valence-electron chi connectivity index (χ0n) is 16.8. The van der Waals surface area contributed by atoms with Crippen molar-refractivity contribution in [2.75, 3.05) is 23.4 Å². The van der Waals surface area contributed by atoms with Crippen LogP contribution in [0.5, 0.6) is 0 Å². The molecule has 2 heterocycles. The first-order valence-corrected chi connectivity index (χ1v) is 11.2. The molecule has 2 unspecified atom stereocenters. The lowest BCUT2D eigenvalue weighted by atomic mass is 10.2. The molecule has 1 aromatic heterocycles. The van der Waals surface area contributed by atoms with Gasteiger partial charge in [-0.05, 0) is 44.0 Å². The highest BCUT2D eigenvalue weighted by Gasteiger charge is 2.25. The molecule has 2 atom stereocenters.